The molecule has 0 aliphatic carbocycles. The minimum Gasteiger partial charge on any atom is -0.312 e. The summed E-state index contributed by atoms with van der Waals surface area (Å²) in [6.07, 6.45) is 3.05. The Labute approximate surface area is 168 Å². The lowest BCUT2D eigenvalue weighted by Crippen LogP contribution is -2.33. The molecule has 1 aliphatic heterocycles. The van der Waals surface area contributed by atoms with Crippen LogP contribution >= 0.6 is 0 Å². The average molecular weight is 406 g/mol. The maximum absolute atomic E-state index is 11.8. The Morgan fingerprint density at radius 1 is 1.07 bits per heavy atom. The van der Waals surface area contributed by atoms with Gasteiger partial charge in [0.25, 0.3) is 0 Å². The Morgan fingerprint density at radius 2 is 1.75 bits per heavy atom. The lowest BCUT2D eigenvalue weighted by molar-refractivity contribution is 0.269. The fraction of sp³-hybridized carbons (Fsp3) is 0.600. The van der Waals surface area contributed by atoms with E-state index >= 15 is 0 Å². The summed E-state index contributed by atoms with van der Waals surface area (Å²) < 4.78 is 28.4. The first-order valence-corrected chi connectivity index (χ1v) is 11.9. The Kier molecular flexibility index (Phi) is 6.52. The normalized spacial score (nSPS) is 16.8. The van der Waals surface area contributed by atoms with E-state index in [1.165, 1.54) is 17.4 Å². The number of fused-ring (bicyclic) bond motifs is 1. The molecule has 0 saturated carbocycles. The molecule has 0 amide bonds. The molecule has 0 spiro atoms. The highest BCUT2D eigenvalue weighted by Crippen LogP contribution is 2.23. The first-order chi connectivity index (χ1) is 13.3. The summed E-state index contributed by atoms with van der Waals surface area (Å²) in [5.74, 6) is 1.73. The number of hydrogen-bond acceptors (Lipinski definition) is 5. The molecule has 0 fully saturated rings. The van der Waals surface area contributed by atoms with Crippen LogP contribution in [0.3, 0.4) is 0 Å². The van der Waals surface area contributed by atoms with E-state index in [0.29, 0.717) is 5.82 Å². The van der Waals surface area contributed by atoms with Gasteiger partial charge in [-0.15, -0.1) is 10.2 Å². The maximum Gasteiger partial charge on any atom is 0.209 e. The number of aromatic nitrogens is 3. The summed E-state index contributed by atoms with van der Waals surface area (Å²) in [4.78, 5) is 2.42. The highest BCUT2D eigenvalue weighted by atomic mass is 32.2. The number of nitrogens with one attached hydrogen (secondary N) is 1. The van der Waals surface area contributed by atoms with Crippen molar-refractivity contribution in [2.24, 2.45) is 5.92 Å². The van der Waals surface area contributed by atoms with Crippen molar-refractivity contribution in [3.63, 3.8) is 0 Å². The van der Waals surface area contributed by atoms with Crippen molar-refractivity contribution in [1.29, 1.82) is 0 Å². The summed E-state index contributed by atoms with van der Waals surface area (Å²) in [6.45, 7) is 9.63. The van der Waals surface area contributed by atoms with Gasteiger partial charge in [0.2, 0.25) is 10.0 Å². The second-order valence-corrected chi connectivity index (χ2v) is 9.71. The van der Waals surface area contributed by atoms with Crippen LogP contribution in [0, 0.1) is 5.92 Å². The third-order valence-corrected chi connectivity index (χ3v) is 5.95. The van der Waals surface area contributed by atoms with Gasteiger partial charge in [0.05, 0.1) is 12.3 Å². The average Bonchev–Trinajstić information content (AvgIpc) is 2.93. The van der Waals surface area contributed by atoms with Crippen molar-refractivity contribution in [1.82, 2.24) is 24.4 Å². The molecule has 3 rings (SSSR count). The lowest BCUT2D eigenvalue weighted by atomic mass is 10.1. The lowest BCUT2D eigenvalue weighted by Gasteiger charge is -2.22. The van der Waals surface area contributed by atoms with Crippen LogP contribution < -0.4 is 4.72 Å². The molecule has 8 heteroatoms. The number of benzene rings is 1. The van der Waals surface area contributed by atoms with Gasteiger partial charge in [-0.2, -0.15) is 0 Å². The van der Waals surface area contributed by atoms with E-state index in [-0.39, 0.29) is 12.0 Å². The van der Waals surface area contributed by atoms with Gasteiger partial charge in [-0.1, -0.05) is 45.0 Å². The van der Waals surface area contributed by atoms with Crippen molar-refractivity contribution >= 4 is 10.0 Å². The van der Waals surface area contributed by atoms with Crippen LogP contribution in [-0.2, 0) is 36.0 Å². The fourth-order valence-corrected chi connectivity index (χ4v) is 4.47. The van der Waals surface area contributed by atoms with Gasteiger partial charge < -0.3 is 4.57 Å². The summed E-state index contributed by atoms with van der Waals surface area (Å²) in [5.41, 5.74) is 2.67. The predicted molar refractivity (Wildman–Crippen MR) is 110 cm³/mol. The van der Waals surface area contributed by atoms with Crippen LogP contribution in [-0.4, -0.2) is 47.4 Å². The molecule has 2 aromatic rings. The van der Waals surface area contributed by atoms with Gasteiger partial charge in [0, 0.05) is 32.6 Å². The highest BCUT2D eigenvalue weighted by molar-refractivity contribution is 7.88. The number of sulfonamides is 1. The van der Waals surface area contributed by atoms with Crippen LogP contribution in [0.4, 0.5) is 0 Å². The SMILES string of the molecule is CCc1ccc(CN2CCc3nnc([C@@H](NS(C)(=O)=O)C(C)C)n3CC2)cc1. The van der Waals surface area contributed by atoms with Gasteiger partial charge >= 0.3 is 0 Å². The molecule has 1 N–H and O–H groups in total. The standard InChI is InChI=1S/C20H31N5O2S/c1-5-16-6-8-17(9-7-16)14-24-11-10-18-21-22-20(25(18)13-12-24)19(15(2)3)23-28(4,26)27/h6-9,15,19,23H,5,10-14H2,1-4H3/t19-/m0/s1. The molecule has 2 heterocycles. The first-order valence-electron chi connectivity index (χ1n) is 9.96. The molecule has 0 bridgehead atoms. The van der Waals surface area contributed by atoms with Crippen LogP contribution in [0.1, 0.15) is 49.6 Å². The van der Waals surface area contributed by atoms with Crippen molar-refractivity contribution in [2.75, 3.05) is 19.3 Å². The second kappa shape index (κ2) is 8.71. The Balaban J connectivity index is 1.73. The quantitative estimate of drug-likeness (QED) is 0.763. The van der Waals surface area contributed by atoms with Gasteiger partial charge in [-0.05, 0) is 23.5 Å². The minimum atomic E-state index is -3.33. The smallest absolute Gasteiger partial charge is 0.209 e. The van der Waals surface area contributed by atoms with E-state index in [2.05, 4.69) is 55.6 Å². The molecule has 0 saturated heterocycles. The Morgan fingerprint density at radius 3 is 2.36 bits per heavy atom. The van der Waals surface area contributed by atoms with Crippen molar-refractivity contribution < 1.29 is 8.42 Å². The number of hydrogen-bond donors (Lipinski definition) is 1. The number of rotatable bonds is 7. The van der Waals surface area contributed by atoms with E-state index in [0.717, 1.165) is 44.8 Å². The van der Waals surface area contributed by atoms with E-state index in [4.69, 9.17) is 0 Å². The largest absolute Gasteiger partial charge is 0.312 e. The zero-order chi connectivity index (χ0) is 20.3. The van der Waals surface area contributed by atoms with Gasteiger partial charge in [0.15, 0.2) is 5.82 Å². The van der Waals surface area contributed by atoms with E-state index in [1.54, 1.807) is 0 Å². The Hall–Kier alpha value is -1.77. The molecule has 154 valence electrons. The van der Waals surface area contributed by atoms with Gasteiger partial charge in [-0.25, -0.2) is 13.1 Å². The maximum atomic E-state index is 11.8. The number of nitrogens with zero attached hydrogens (tertiary/aromatic N) is 4. The van der Waals surface area contributed by atoms with Crippen LogP contribution in [0.25, 0.3) is 0 Å². The first kappa shape index (κ1) is 21.0. The fourth-order valence-electron chi connectivity index (χ4n) is 3.63. The monoisotopic (exact) mass is 405 g/mol. The van der Waals surface area contributed by atoms with Crippen LogP contribution in [0.5, 0.6) is 0 Å². The van der Waals surface area contributed by atoms with E-state index < -0.39 is 10.0 Å². The summed E-state index contributed by atoms with van der Waals surface area (Å²) in [6, 6.07) is 8.44. The van der Waals surface area contributed by atoms with Crippen LogP contribution in [0.15, 0.2) is 24.3 Å². The molecular formula is C20H31N5O2S. The molecule has 0 radical (unpaired) electrons. The third kappa shape index (κ3) is 5.18. The Bertz CT molecular complexity index is 890. The van der Waals surface area contributed by atoms with E-state index in [9.17, 15) is 8.42 Å². The zero-order valence-electron chi connectivity index (χ0n) is 17.2. The van der Waals surface area contributed by atoms with Gasteiger partial charge in [-0.3, -0.25) is 4.90 Å². The van der Waals surface area contributed by atoms with Crippen molar-refractivity contribution in [3.05, 3.63) is 47.0 Å². The summed E-state index contributed by atoms with van der Waals surface area (Å²) in [7, 11) is -3.33. The zero-order valence-corrected chi connectivity index (χ0v) is 18.0. The van der Waals surface area contributed by atoms with E-state index in [1.807, 2.05) is 13.8 Å². The van der Waals surface area contributed by atoms with Crippen molar-refractivity contribution in [3.8, 4) is 0 Å². The molecule has 7 nitrogen and oxygen atoms in total. The molecule has 28 heavy (non-hydrogen) atoms. The molecular weight excluding hydrogens is 374 g/mol. The minimum absolute atomic E-state index is 0.0828. The highest BCUT2D eigenvalue weighted by Gasteiger charge is 2.28. The molecule has 1 aromatic carbocycles. The van der Waals surface area contributed by atoms with Crippen LogP contribution in [0.2, 0.25) is 0 Å². The van der Waals surface area contributed by atoms with Crippen molar-refractivity contribution in [2.45, 2.75) is 52.7 Å². The summed E-state index contributed by atoms with van der Waals surface area (Å²) in [5, 5.41) is 8.71. The predicted octanol–water partition coefficient (Wildman–Crippen LogP) is 2.15. The molecule has 1 atom stereocenters. The number of aryl methyl sites for hydroxylation is 1. The third-order valence-electron chi connectivity index (χ3n) is 5.27. The summed E-state index contributed by atoms with van der Waals surface area (Å²) >= 11 is 0. The molecule has 1 aliphatic rings. The molecule has 0 unspecified atom stereocenters. The van der Waals surface area contributed by atoms with Gasteiger partial charge in [0.1, 0.15) is 5.82 Å². The topological polar surface area (TPSA) is 80.1 Å². The second-order valence-electron chi connectivity index (χ2n) is 7.93. The molecule has 1 aromatic heterocycles.